The van der Waals surface area contributed by atoms with Gasteiger partial charge in [-0.1, -0.05) is 20.8 Å². The zero-order valence-corrected chi connectivity index (χ0v) is 10.5. The number of hydrogen-bond acceptors (Lipinski definition) is 4. The van der Waals surface area contributed by atoms with Crippen LogP contribution in [0.25, 0.3) is 5.76 Å². The average molecular weight is 249 g/mol. The Kier molecular flexibility index (Phi) is 3.86. The highest BCUT2D eigenvalue weighted by Crippen LogP contribution is 2.20. The molecule has 1 rings (SSSR count). The summed E-state index contributed by atoms with van der Waals surface area (Å²) in [4.78, 5) is 21.6. The van der Waals surface area contributed by atoms with Crippen molar-refractivity contribution in [3.63, 3.8) is 0 Å². The molecule has 0 spiro atoms. The van der Waals surface area contributed by atoms with Crippen molar-refractivity contribution >= 4 is 17.2 Å². The van der Waals surface area contributed by atoms with Gasteiger partial charge < -0.3 is 5.11 Å². The van der Waals surface area contributed by atoms with Gasteiger partial charge in [0.15, 0.2) is 5.78 Å². The normalized spacial score (nSPS) is 12.3. The SMILES string of the molecule is CC(C)(C)C(=O)/C=C(\O)c1ccc([N+](=O)[O-])cc1. The Labute approximate surface area is 105 Å². The average Bonchev–Trinajstić information content (AvgIpc) is 2.27. The van der Waals surface area contributed by atoms with Gasteiger partial charge in [0.25, 0.3) is 5.69 Å². The fourth-order valence-electron chi connectivity index (χ4n) is 1.18. The van der Waals surface area contributed by atoms with E-state index in [9.17, 15) is 20.0 Å². The van der Waals surface area contributed by atoms with Gasteiger partial charge in [0.1, 0.15) is 5.76 Å². The third-order valence-electron chi connectivity index (χ3n) is 2.38. The van der Waals surface area contributed by atoms with Gasteiger partial charge in [0.2, 0.25) is 0 Å². The molecule has 0 saturated heterocycles. The minimum atomic E-state index is -0.575. The van der Waals surface area contributed by atoms with Crippen LogP contribution in [0.1, 0.15) is 26.3 Å². The number of hydrogen-bond donors (Lipinski definition) is 1. The summed E-state index contributed by atoms with van der Waals surface area (Å²) < 4.78 is 0. The number of non-ortho nitro benzene ring substituents is 1. The highest BCUT2D eigenvalue weighted by Gasteiger charge is 2.20. The van der Waals surface area contributed by atoms with Crippen LogP contribution < -0.4 is 0 Å². The van der Waals surface area contributed by atoms with Gasteiger partial charge in [-0.15, -0.1) is 0 Å². The number of carbonyl (C=O) groups is 1. The molecular weight excluding hydrogens is 234 g/mol. The highest BCUT2D eigenvalue weighted by molar-refractivity contribution is 5.98. The Bertz CT molecular complexity index is 495. The molecule has 0 amide bonds. The quantitative estimate of drug-likeness (QED) is 0.386. The maximum Gasteiger partial charge on any atom is 0.269 e. The molecule has 18 heavy (non-hydrogen) atoms. The zero-order valence-electron chi connectivity index (χ0n) is 10.5. The van der Waals surface area contributed by atoms with Crippen LogP contribution >= 0.6 is 0 Å². The number of nitro benzene ring substituents is 1. The Balaban J connectivity index is 2.98. The third kappa shape index (κ3) is 3.41. The Morgan fingerprint density at radius 2 is 1.78 bits per heavy atom. The lowest BCUT2D eigenvalue weighted by atomic mass is 9.90. The number of aliphatic hydroxyl groups excluding tert-OH is 1. The summed E-state index contributed by atoms with van der Waals surface area (Å²) in [5.74, 6) is -0.400. The number of carbonyl (C=O) groups excluding carboxylic acids is 1. The number of benzene rings is 1. The first-order chi connectivity index (χ1) is 8.21. The fraction of sp³-hybridized carbons (Fsp3) is 0.308. The highest BCUT2D eigenvalue weighted by atomic mass is 16.6. The summed E-state index contributed by atoms with van der Waals surface area (Å²) in [5, 5.41) is 20.2. The number of rotatable bonds is 3. The lowest BCUT2D eigenvalue weighted by Crippen LogP contribution is -2.17. The maximum absolute atomic E-state index is 11.7. The van der Waals surface area contributed by atoms with E-state index in [0.717, 1.165) is 6.08 Å². The van der Waals surface area contributed by atoms with Crippen molar-refractivity contribution in [2.75, 3.05) is 0 Å². The monoisotopic (exact) mass is 249 g/mol. The number of ketones is 1. The lowest BCUT2D eigenvalue weighted by molar-refractivity contribution is -0.384. The van der Waals surface area contributed by atoms with E-state index in [0.29, 0.717) is 5.56 Å². The number of aliphatic hydroxyl groups is 1. The largest absolute Gasteiger partial charge is 0.507 e. The molecule has 0 bridgehead atoms. The molecule has 1 N–H and O–H groups in total. The van der Waals surface area contributed by atoms with Crippen molar-refractivity contribution in [2.24, 2.45) is 5.41 Å². The molecule has 0 aliphatic rings. The first kappa shape index (κ1) is 13.9. The second-order valence-corrected chi connectivity index (χ2v) is 4.95. The number of nitrogens with zero attached hydrogens (tertiary/aromatic N) is 1. The summed E-state index contributed by atoms with van der Waals surface area (Å²) in [6.45, 7) is 5.23. The molecule has 0 fully saturated rings. The molecule has 96 valence electrons. The standard InChI is InChI=1S/C13H15NO4/c1-13(2,3)12(16)8-11(15)9-4-6-10(7-5-9)14(17)18/h4-8,15H,1-3H3/b11-8-. The number of nitro groups is 1. The van der Waals surface area contributed by atoms with E-state index >= 15 is 0 Å². The van der Waals surface area contributed by atoms with Crippen LogP contribution in [0, 0.1) is 15.5 Å². The van der Waals surface area contributed by atoms with Crippen molar-refractivity contribution in [2.45, 2.75) is 20.8 Å². The molecule has 0 unspecified atom stereocenters. The smallest absolute Gasteiger partial charge is 0.269 e. The molecule has 0 heterocycles. The molecular formula is C13H15NO4. The van der Waals surface area contributed by atoms with E-state index in [1.54, 1.807) is 20.8 Å². The second-order valence-electron chi connectivity index (χ2n) is 4.95. The van der Waals surface area contributed by atoms with Crippen molar-refractivity contribution in [1.82, 2.24) is 0 Å². The molecule has 0 aliphatic heterocycles. The van der Waals surface area contributed by atoms with Gasteiger partial charge in [0.05, 0.1) is 4.92 Å². The van der Waals surface area contributed by atoms with Crippen LogP contribution in [0.4, 0.5) is 5.69 Å². The van der Waals surface area contributed by atoms with Gasteiger partial charge in [-0.05, 0) is 12.1 Å². The third-order valence-corrected chi connectivity index (χ3v) is 2.38. The molecule has 1 aromatic rings. The predicted octanol–water partition coefficient (Wildman–Crippen LogP) is 3.11. The van der Waals surface area contributed by atoms with E-state index < -0.39 is 10.3 Å². The molecule has 5 heteroatoms. The molecule has 1 aromatic carbocycles. The van der Waals surface area contributed by atoms with Crippen LogP contribution in [-0.4, -0.2) is 15.8 Å². The second kappa shape index (κ2) is 5.00. The Morgan fingerprint density at radius 3 is 2.17 bits per heavy atom. The molecule has 0 aliphatic carbocycles. The minimum Gasteiger partial charge on any atom is -0.507 e. The van der Waals surface area contributed by atoms with Gasteiger partial charge in [-0.25, -0.2) is 0 Å². The van der Waals surface area contributed by atoms with Crippen LogP contribution in [0.15, 0.2) is 30.3 Å². The van der Waals surface area contributed by atoms with Crippen LogP contribution in [0.2, 0.25) is 0 Å². The van der Waals surface area contributed by atoms with E-state index in [1.165, 1.54) is 24.3 Å². The van der Waals surface area contributed by atoms with E-state index in [-0.39, 0.29) is 17.2 Å². The molecule has 0 radical (unpaired) electrons. The summed E-state index contributed by atoms with van der Waals surface area (Å²) in [5.41, 5.74) is -0.263. The lowest BCUT2D eigenvalue weighted by Gasteiger charge is -2.13. The molecule has 0 aromatic heterocycles. The Morgan fingerprint density at radius 1 is 1.28 bits per heavy atom. The Hall–Kier alpha value is -2.17. The molecule has 0 saturated carbocycles. The predicted molar refractivity (Wildman–Crippen MR) is 68.2 cm³/mol. The summed E-state index contributed by atoms with van der Waals surface area (Å²) in [7, 11) is 0. The fourth-order valence-corrected chi connectivity index (χ4v) is 1.18. The van der Waals surface area contributed by atoms with Gasteiger partial charge in [-0.2, -0.15) is 0 Å². The maximum atomic E-state index is 11.7. The first-order valence-corrected chi connectivity index (χ1v) is 5.42. The first-order valence-electron chi connectivity index (χ1n) is 5.42. The summed E-state index contributed by atoms with van der Waals surface area (Å²) >= 11 is 0. The van der Waals surface area contributed by atoms with Crippen molar-refractivity contribution in [1.29, 1.82) is 0 Å². The van der Waals surface area contributed by atoms with Crippen LogP contribution in [-0.2, 0) is 4.79 Å². The van der Waals surface area contributed by atoms with Gasteiger partial charge in [0, 0.05) is 29.2 Å². The van der Waals surface area contributed by atoms with E-state index in [1.807, 2.05) is 0 Å². The van der Waals surface area contributed by atoms with Gasteiger partial charge >= 0.3 is 0 Å². The van der Waals surface area contributed by atoms with Crippen LogP contribution in [0.5, 0.6) is 0 Å². The summed E-state index contributed by atoms with van der Waals surface area (Å²) in [6.07, 6.45) is 1.14. The van der Waals surface area contributed by atoms with Crippen molar-refractivity contribution < 1.29 is 14.8 Å². The topological polar surface area (TPSA) is 80.4 Å². The molecule has 0 atom stereocenters. The zero-order chi connectivity index (χ0) is 13.9. The minimum absolute atomic E-state index is 0.0614. The summed E-state index contributed by atoms with van der Waals surface area (Å²) in [6, 6.07) is 5.36. The van der Waals surface area contributed by atoms with Gasteiger partial charge in [-0.3, -0.25) is 14.9 Å². The van der Waals surface area contributed by atoms with Crippen molar-refractivity contribution in [3.8, 4) is 0 Å². The van der Waals surface area contributed by atoms with Crippen molar-refractivity contribution in [3.05, 3.63) is 46.0 Å². The van der Waals surface area contributed by atoms with E-state index in [4.69, 9.17) is 0 Å². The number of allylic oxidation sites excluding steroid dienone is 1. The van der Waals surface area contributed by atoms with E-state index in [2.05, 4.69) is 0 Å². The molecule has 5 nitrogen and oxygen atoms in total. The van der Waals surface area contributed by atoms with Crippen LogP contribution in [0.3, 0.4) is 0 Å².